The fourth-order valence-electron chi connectivity index (χ4n) is 2.10. The Balaban J connectivity index is 2.42. The number of aryl methyl sites for hydroxylation is 1. The lowest BCUT2D eigenvalue weighted by molar-refractivity contribution is 0.315. The van der Waals surface area contributed by atoms with E-state index in [-0.39, 0.29) is 17.5 Å². The molecule has 0 amide bonds. The van der Waals surface area contributed by atoms with Crippen molar-refractivity contribution in [3.63, 3.8) is 0 Å². The van der Waals surface area contributed by atoms with Gasteiger partial charge in [-0.2, -0.15) is 4.31 Å². The zero-order chi connectivity index (χ0) is 13.3. The maximum absolute atomic E-state index is 12.4. The number of aromatic nitrogens is 1. The topological polar surface area (TPSA) is 85.4 Å². The van der Waals surface area contributed by atoms with Gasteiger partial charge in [0.2, 0.25) is 10.0 Å². The first-order valence-electron chi connectivity index (χ1n) is 5.84. The highest BCUT2D eigenvalue weighted by Gasteiger charge is 2.30. The Labute approximate surface area is 106 Å². The van der Waals surface area contributed by atoms with Crippen LogP contribution >= 0.6 is 0 Å². The molecule has 0 radical (unpaired) electrons. The third-order valence-corrected chi connectivity index (χ3v) is 5.00. The second kappa shape index (κ2) is 4.83. The second-order valence-corrected chi connectivity index (χ2v) is 6.46. The second-order valence-electron chi connectivity index (χ2n) is 4.55. The van der Waals surface area contributed by atoms with Gasteiger partial charge in [-0.1, -0.05) is 0 Å². The molecular formula is C11H17N3O3S. The zero-order valence-electron chi connectivity index (χ0n) is 10.2. The zero-order valence-corrected chi connectivity index (χ0v) is 11.1. The van der Waals surface area contributed by atoms with Gasteiger partial charge in [-0.05, 0) is 25.0 Å². The van der Waals surface area contributed by atoms with E-state index in [1.165, 1.54) is 28.2 Å². The van der Waals surface area contributed by atoms with Crippen LogP contribution in [0.4, 0.5) is 0 Å². The summed E-state index contributed by atoms with van der Waals surface area (Å²) in [4.78, 5) is 11.7. The minimum Gasteiger partial charge on any atom is -0.327 e. The highest BCUT2D eigenvalue weighted by molar-refractivity contribution is 7.89. The van der Waals surface area contributed by atoms with Crippen molar-refractivity contribution in [3.05, 3.63) is 28.7 Å². The molecule has 0 aromatic carbocycles. The Morgan fingerprint density at radius 2 is 2.17 bits per heavy atom. The SMILES string of the molecule is Cn1cccc(S(=O)(=O)N2CCC[C@@H](N)C2)c1=O. The molecule has 0 saturated carbocycles. The van der Waals surface area contributed by atoms with Gasteiger partial charge in [0.25, 0.3) is 5.56 Å². The number of piperidine rings is 1. The van der Waals surface area contributed by atoms with Gasteiger partial charge in [0.05, 0.1) is 0 Å². The van der Waals surface area contributed by atoms with Crippen molar-refractivity contribution in [2.45, 2.75) is 23.8 Å². The summed E-state index contributed by atoms with van der Waals surface area (Å²) < 4.78 is 27.3. The first-order chi connectivity index (χ1) is 8.43. The lowest BCUT2D eigenvalue weighted by atomic mass is 10.1. The molecule has 1 aromatic rings. The van der Waals surface area contributed by atoms with Gasteiger partial charge in [0.1, 0.15) is 4.90 Å². The molecule has 7 heteroatoms. The minimum absolute atomic E-state index is 0.152. The standard InChI is InChI=1S/C11H17N3O3S/c1-13-6-3-5-10(11(13)15)18(16,17)14-7-2-4-9(12)8-14/h3,5-6,9H,2,4,7-8,12H2,1H3/t9-/m1/s1. The number of hydrogen-bond donors (Lipinski definition) is 1. The quantitative estimate of drug-likeness (QED) is 0.785. The van der Waals surface area contributed by atoms with Crippen LogP contribution in [0.3, 0.4) is 0 Å². The Morgan fingerprint density at radius 1 is 1.44 bits per heavy atom. The summed E-state index contributed by atoms with van der Waals surface area (Å²) in [5.41, 5.74) is 5.28. The lowest BCUT2D eigenvalue weighted by Crippen LogP contribution is -2.46. The Kier molecular flexibility index (Phi) is 3.56. The maximum atomic E-state index is 12.4. The van der Waals surface area contributed by atoms with Crippen LogP contribution in [0.1, 0.15) is 12.8 Å². The van der Waals surface area contributed by atoms with Crippen molar-refractivity contribution < 1.29 is 8.42 Å². The van der Waals surface area contributed by atoms with Crippen LogP contribution in [0.15, 0.2) is 28.0 Å². The smallest absolute Gasteiger partial charge is 0.270 e. The van der Waals surface area contributed by atoms with Crippen molar-refractivity contribution in [2.75, 3.05) is 13.1 Å². The van der Waals surface area contributed by atoms with Crippen LogP contribution in [-0.2, 0) is 17.1 Å². The number of sulfonamides is 1. The average molecular weight is 271 g/mol. The maximum Gasteiger partial charge on any atom is 0.270 e. The summed E-state index contributed by atoms with van der Waals surface area (Å²) >= 11 is 0. The highest BCUT2D eigenvalue weighted by atomic mass is 32.2. The van der Waals surface area contributed by atoms with Gasteiger partial charge in [0.15, 0.2) is 0 Å². The summed E-state index contributed by atoms with van der Waals surface area (Å²) in [6, 6.07) is 2.75. The molecule has 2 rings (SSSR count). The molecule has 1 saturated heterocycles. The summed E-state index contributed by atoms with van der Waals surface area (Å²) in [5.74, 6) is 0. The monoisotopic (exact) mass is 271 g/mol. The normalized spacial score (nSPS) is 22.0. The van der Waals surface area contributed by atoms with Crippen molar-refractivity contribution in [2.24, 2.45) is 12.8 Å². The fraction of sp³-hybridized carbons (Fsp3) is 0.545. The Bertz CT molecular complexity index is 594. The van der Waals surface area contributed by atoms with Crippen LogP contribution < -0.4 is 11.3 Å². The van der Waals surface area contributed by atoms with Crippen LogP contribution in [0.25, 0.3) is 0 Å². The fourth-order valence-corrected chi connectivity index (χ4v) is 3.75. The van der Waals surface area contributed by atoms with E-state index in [9.17, 15) is 13.2 Å². The summed E-state index contributed by atoms with van der Waals surface area (Å²) in [6.45, 7) is 0.703. The molecule has 1 aliphatic rings. The number of rotatable bonds is 2. The van der Waals surface area contributed by atoms with Gasteiger partial charge >= 0.3 is 0 Å². The van der Waals surface area contributed by atoms with E-state index < -0.39 is 15.6 Å². The molecule has 1 aliphatic heterocycles. The average Bonchev–Trinajstić information content (AvgIpc) is 2.32. The van der Waals surface area contributed by atoms with E-state index in [1.807, 2.05) is 0 Å². The molecule has 6 nitrogen and oxygen atoms in total. The van der Waals surface area contributed by atoms with E-state index in [1.54, 1.807) is 6.07 Å². The highest BCUT2D eigenvalue weighted by Crippen LogP contribution is 2.17. The predicted octanol–water partition coefficient (Wildman–Crippen LogP) is -0.503. The molecule has 0 aliphatic carbocycles. The summed E-state index contributed by atoms with van der Waals surface area (Å²) in [7, 11) is -2.20. The molecule has 1 aromatic heterocycles. The van der Waals surface area contributed by atoms with Crippen LogP contribution in [-0.4, -0.2) is 36.4 Å². The number of nitrogens with zero attached hydrogens (tertiary/aromatic N) is 2. The van der Waals surface area contributed by atoms with Gasteiger partial charge in [-0.15, -0.1) is 0 Å². The minimum atomic E-state index is -3.73. The van der Waals surface area contributed by atoms with Crippen molar-refractivity contribution in [1.82, 2.24) is 8.87 Å². The molecule has 2 N–H and O–H groups in total. The molecule has 0 spiro atoms. The van der Waals surface area contributed by atoms with E-state index >= 15 is 0 Å². The summed E-state index contributed by atoms with van der Waals surface area (Å²) in [5, 5.41) is 0. The summed E-state index contributed by atoms with van der Waals surface area (Å²) in [6.07, 6.45) is 3.08. The van der Waals surface area contributed by atoms with Crippen molar-refractivity contribution in [1.29, 1.82) is 0 Å². The third kappa shape index (κ3) is 2.33. The van der Waals surface area contributed by atoms with Crippen LogP contribution in [0.2, 0.25) is 0 Å². The van der Waals surface area contributed by atoms with Crippen molar-refractivity contribution in [3.8, 4) is 0 Å². The first kappa shape index (κ1) is 13.3. The molecule has 100 valence electrons. The molecule has 1 fully saturated rings. The van der Waals surface area contributed by atoms with E-state index in [0.29, 0.717) is 6.54 Å². The van der Waals surface area contributed by atoms with Crippen LogP contribution in [0.5, 0.6) is 0 Å². The van der Waals surface area contributed by atoms with E-state index in [4.69, 9.17) is 5.73 Å². The molecule has 2 heterocycles. The number of pyridine rings is 1. The largest absolute Gasteiger partial charge is 0.327 e. The van der Waals surface area contributed by atoms with Crippen molar-refractivity contribution >= 4 is 10.0 Å². The lowest BCUT2D eigenvalue weighted by Gasteiger charge is -2.29. The molecular weight excluding hydrogens is 254 g/mol. The predicted molar refractivity (Wildman–Crippen MR) is 67.7 cm³/mol. The molecule has 18 heavy (non-hydrogen) atoms. The molecule has 0 unspecified atom stereocenters. The Morgan fingerprint density at radius 3 is 2.83 bits per heavy atom. The number of nitrogens with two attached hydrogens (primary N) is 1. The first-order valence-corrected chi connectivity index (χ1v) is 7.28. The van der Waals surface area contributed by atoms with E-state index in [0.717, 1.165) is 12.8 Å². The van der Waals surface area contributed by atoms with E-state index in [2.05, 4.69) is 0 Å². The third-order valence-electron chi connectivity index (χ3n) is 3.13. The van der Waals surface area contributed by atoms with Gasteiger partial charge in [0, 0.05) is 32.4 Å². The van der Waals surface area contributed by atoms with Crippen LogP contribution in [0, 0.1) is 0 Å². The van der Waals surface area contributed by atoms with Gasteiger partial charge in [-0.25, -0.2) is 8.42 Å². The molecule has 0 bridgehead atoms. The van der Waals surface area contributed by atoms with Gasteiger partial charge in [-0.3, -0.25) is 4.79 Å². The molecule has 1 atom stereocenters. The number of hydrogen-bond acceptors (Lipinski definition) is 4. The Hall–Kier alpha value is -1.18. The van der Waals surface area contributed by atoms with Gasteiger partial charge < -0.3 is 10.3 Å².